The molecule has 0 amide bonds. The lowest BCUT2D eigenvalue weighted by Gasteiger charge is -2.18. The van der Waals surface area contributed by atoms with Gasteiger partial charge in [-0.3, -0.25) is 30.0 Å². The highest BCUT2D eigenvalue weighted by molar-refractivity contribution is 14.1. The Balaban J connectivity index is 1.80. The van der Waals surface area contributed by atoms with Gasteiger partial charge in [-0.2, -0.15) is 0 Å². The van der Waals surface area contributed by atoms with Crippen LogP contribution >= 0.6 is 22.6 Å². The number of aromatic amines is 4. The van der Waals surface area contributed by atoms with Crippen molar-refractivity contribution < 1.29 is 0 Å². The molecule has 0 bridgehead atoms. The maximum absolute atomic E-state index is 13.3. The van der Waals surface area contributed by atoms with Gasteiger partial charge in [0.05, 0.1) is 22.5 Å². The second-order valence-corrected chi connectivity index (χ2v) is 9.70. The molecule has 5 rings (SSSR count). The standard InChI is InChI=1S/C27H23IN4O2/c1-15-6-10-17(11-7-15)24-22(26(33)31-29-24)21(19-4-3-5-20(28)14-19)23-25(30-32-27(23)34)18-12-8-16(2)9-13-18/h3-14,21H,1-2H3,(H2,29,31,33)(H2,30,32,34). The van der Waals surface area contributed by atoms with Crippen LogP contribution in [0.5, 0.6) is 0 Å². The highest BCUT2D eigenvalue weighted by Crippen LogP contribution is 2.38. The summed E-state index contributed by atoms with van der Waals surface area (Å²) in [6.07, 6.45) is 0. The van der Waals surface area contributed by atoms with Crippen LogP contribution in [-0.4, -0.2) is 20.4 Å². The third kappa shape index (κ3) is 4.07. The summed E-state index contributed by atoms with van der Waals surface area (Å²) in [6.45, 7) is 4.04. The fraction of sp³-hybridized carbons (Fsp3) is 0.111. The Kier molecular flexibility index (Phi) is 5.87. The molecule has 0 spiro atoms. The molecule has 4 N–H and O–H groups in total. The second kappa shape index (κ2) is 8.98. The summed E-state index contributed by atoms with van der Waals surface area (Å²) >= 11 is 2.25. The van der Waals surface area contributed by atoms with E-state index in [1.807, 2.05) is 86.6 Å². The molecule has 5 aromatic rings. The maximum atomic E-state index is 13.3. The van der Waals surface area contributed by atoms with E-state index in [9.17, 15) is 9.59 Å². The molecule has 0 saturated heterocycles. The van der Waals surface area contributed by atoms with Gasteiger partial charge in [0, 0.05) is 9.49 Å². The van der Waals surface area contributed by atoms with Gasteiger partial charge in [-0.15, -0.1) is 0 Å². The predicted molar refractivity (Wildman–Crippen MR) is 143 cm³/mol. The zero-order chi connectivity index (χ0) is 23.8. The number of aromatic nitrogens is 4. The number of hydrogen-bond acceptors (Lipinski definition) is 2. The number of halogens is 1. The molecule has 2 aromatic heterocycles. The molecule has 2 heterocycles. The smallest absolute Gasteiger partial charge is 0.268 e. The van der Waals surface area contributed by atoms with E-state index in [-0.39, 0.29) is 11.1 Å². The Morgan fingerprint density at radius 1 is 0.647 bits per heavy atom. The summed E-state index contributed by atoms with van der Waals surface area (Å²) < 4.78 is 1.02. The third-order valence-electron chi connectivity index (χ3n) is 6.07. The van der Waals surface area contributed by atoms with E-state index in [1.165, 1.54) is 0 Å². The number of rotatable bonds is 5. The summed E-state index contributed by atoms with van der Waals surface area (Å²) in [6, 6.07) is 23.9. The van der Waals surface area contributed by atoms with Gasteiger partial charge in [0.2, 0.25) is 0 Å². The first-order valence-corrected chi connectivity index (χ1v) is 12.0. The minimum atomic E-state index is -0.590. The fourth-order valence-electron chi connectivity index (χ4n) is 4.35. The number of H-pyrrole nitrogens is 4. The normalized spacial score (nSPS) is 11.3. The van der Waals surface area contributed by atoms with Crippen LogP contribution in [0.25, 0.3) is 22.5 Å². The van der Waals surface area contributed by atoms with Crippen molar-refractivity contribution in [2.75, 3.05) is 0 Å². The molecule has 0 aliphatic carbocycles. The lowest BCUT2D eigenvalue weighted by molar-refractivity contribution is 0.953. The van der Waals surface area contributed by atoms with Crippen molar-refractivity contribution in [2.45, 2.75) is 19.8 Å². The lowest BCUT2D eigenvalue weighted by Crippen LogP contribution is -2.20. The van der Waals surface area contributed by atoms with Crippen molar-refractivity contribution in [1.29, 1.82) is 0 Å². The minimum absolute atomic E-state index is 0.255. The highest BCUT2D eigenvalue weighted by Gasteiger charge is 2.31. The molecule has 6 nitrogen and oxygen atoms in total. The van der Waals surface area contributed by atoms with Crippen molar-refractivity contribution in [3.8, 4) is 22.5 Å². The van der Waals surface area contributed by atoms with Crippen molar-refractivity contribution in [2.24, 2.45) is 0 Å². The van der Waals surface area contributed by atoms with Gasteiger partial charge >= 0.3 is 0 Å². The van der Waals surface area contributed by atoms with E-state index in [0.29, 0.717) is 22.5 Å². The lowest BCUT2D eigenvalue weighted by atomic mass is 9.83. The summed E-state index contributed by atoms with van der Waals surface area (Å²) in [4.78, 5) is 26.5. The van der Waals surface area contributed by atoms with Gasteiger partial charge in [0.15, 0.2) is 0 Å². The minimum Gasteiger partial charge on any atom is -0.297 e. The van der Waals surface area contributed by atoms with Gasteiger partial charge in [0.25, 0.3) is 11.1 Å². The maximum Gasteiger partial charge on any atom is 0.268 e. The van der Waals surface area contributed by atoms with Crippen LogP contribution in [-0.2, 0) is 0 Å². The van der Waals surface area contributed by atoms with E-state index in [4.69, 9.17) is 0 Å². The van der Waals surface area contributed by atoms with Crippen LogP contribution in [0.1, 0.15) is 33.7 Å². The monoisotopic (exact) mass is 562 g/mol. The van der Waals surface area contributed by atoms with Gasteiger partial charge in [-0.05, 0) is 65.3 Å². The Labute approximate surface area is 209 Å². The molecule has 0 fully saturated rings. The molecule has 0 aliphatic heterocycles. The second-order valence-electron chi connectivity index (χ2n) is 8.46. The van der Waals surface area contributed by atoms with Gasteiger partial charge in [-0.1, -0.05) is 71.8 Å². The number of nitrogens with one attached hydrogen (secondary N) is 4. The molecule has 34 heavy (non-hydrogen) atoms. The van der Waals surface area contributed by atoms with Gasteiger partial charge < -0.3 is 0 Å². The number of hydrogen-bond donors (Lipinski definition) is 4. The van der Waals surface area contributed by atoms with Crippen molar-refractivity contribution in [3.63, 3.8) is 0 Å². The largest absolute Gasteiger partial charge is 0.297 e. The number of aryl methyl sites for hydroxylation is 2. The number of benzene rings is 3. The van der Waals surface area contributed by atoms with E-state index in [0.717, 1.165) is 31.4 Å². The van der Waals surface area contributed by atoms with E-state index >= 15 is 0 Å². The first-order chi connectivity index (χ1) is 16.4. The Morgan fingerprint density at radius 3 is 1.56 bits per heavy atom. The first kappa shape index (κ1) is 22.2. The van der Waals surface area contributed by atoms with Crippen LogP contribution in [0.3, 0.4) is 0 Å². The van der Waals surface area contributed by atoms with Crippen molar-refractivity contribution >= 4 is 22.6 Å². The van der Waals surface area contributed by atoms with Crippen LogP contribution in [0.15, 0.2) is 82.4 Å². The third-order valence-corrected chi connectivity index (χ3v) is 6.74. The average Bonchev–Trinajstić information content (AvgIpc) is 3.39. The Hall–Kier alpha value is -3.59. The zero-order valence-corrected chi connectivity index (χ0v) is 20.9. The molecule has 0 unspecified atom stereocenters. The first-order valence-electron chi connectivity index (χ1n) is 10.9. The quantitative estimate of drug-likeness (QED) is 0.214. The van der Waals surface area contributed by atoms with Crippen molar-refractivity contribution in [1.82, 2.24) is 20.4 Å². The van der Waals surface area contributed by atoms with E-state index in [2.05, 4.69) is 43.0 Å². The summed E-state index contributed by atoms with van der Waals surface area (Å²) in [5.41, 5.74) is 6.70. The molecule has 0 saturated carbocycles. The van der Waals surface area contributed by atoms with E-state index < -0.39 is 5.92 Å². The molecule has 0 atom stereocenters. The van der Waals surface area contributed by atoms with Crippen LogP contribution < -0.4 is 11.1 Å². The molecule has 0 radical (unpaired) electrons. The molecule has 7 heteroatoms. The zero-order valence-electron chi connectivity index (χ0n) is 18.7. The highest BCUT2D eigenvalue weighted by atomic mass is 127. The van der Waals surface area contributed by atoms with Crippen molar-refractivity contribution in [3.05, 3.63) is 125 Å². The summed E-state index contributed by atoms with van der Waals surface area (Å²) in [7, 11) is 0. The Bertz CT molecular complexity index is 1470. The molecule has 0 aliphatic rings. The topological polar surface area (TPSA) is 97.3 Å². The fourth-order valence-corrected chi connectivity index (χ4v) is 4.91. The van der Waals surface area contributed by atoms with E-state index in [1.54, 1.807) is 0 Å². The Morgan fingerprint density at radius 2 is 1.12 bits per heavy atom. The van der Waals surface area contributed by atoms with Gasteiger partial charge in [0.1, 0.15) is 0 Å². The molecule has 3 aromatic carbocycles. The summed E-state index contributed by atoms with van der Waals surface area (Å²) in [5, 5.41) is 11.6. The molecule has 170 valence electrons. The summed E-state index contributed by atoms with van der Waals surface area (Å²) in [5.74, 6) is -0.590. The molecular formula is C27H23IN4O2. The van der Waals surface area contributed by atoms with Gasteiger partial charge in [-0.25, -0.2) is 0 Å². The SMILES string of the molecule is Cc1ccc(-c2[nH][nH]c(=O)c2C(c2cccc(I)c2)c2c(-c3ccc(C)cc3)[nH][nH]c2=O)cc1. The van der Waals surface area contributed by atoms with Crippen LogP contribution in [0.2, 0.25) is 0 Å². The van der Waals surface area contributed by atoms with Crippen LogP contribution in [0.4, 0.5) is 0 Å². The average molecular weight is 562 g/mol. The molecular weight excluding hydrogens is 539 g/mol. The van der Waals surface area contributed by atoms with Crippen LogP contribution in [0, 0.1) is 17.4 Å². The predicted octanol–water partition coefficient (Wildman–Crippen LogP) is 5.46.